The molecule has 2 aromatic carbocycles. The largest absolute Gasteiger partial charge is 0.377 e. The van der Waals surface area contributed by atoms with Crippen LogP contribution in [0.3, 0.4) is 0 Å². The van der Waals surface area contributed by atoms with Gasteiger partial charge in [0.2, 0.25) is 0 Å². The van der Waals surface area contributed by atoms with Crippen molar-refractivity contribution in [2.24, 2.45) is 4.99 Å². The summed E-state index contributed by atoms with van der Waals surface area (Å²) in [5.41, 5.74) is 12.2. The lowest BCUT2D eigenvalue weighted by Crippen LogP contribution is -2.43. The third-order valence-corrected chi connectivity index (χ3v) is 8.13. The number of benzene rings is 2. The van der Waals surface area contributed by atoms with Crippen LogP contribution in [0.15, 0.2) is 89.9 Å². The highest BCUT2D eigenvalue weighted by Crippen LogP contribution is 2.36. The lowest BCUT2D eigenvalue weighted by molar-refractivity contribution is 0.198. The molecule has 0 amide bonds. The number of rotatable bonds is 11. The Morgan fingerprint density at radius 3 is 2.76 bits per heavy atom. The van der Waals surface area contributed by atoms with Crippen molar-refractivity contribution in [3.8, 4) is 6.07 Å². The van der Waals surface area contributed by atoms with Crippen LogP contribution in [0.2, 0.25) is 5.02 Å². The zero-order chi connectivity index (χ0) is 29.5. The number of hydrazine groups is 2. The van der Waals surface area contributed by atoms with E-state index < -0.39 is 0 Å². The van der Waals surface area contributed by atoms with Gasteiger partial charge in [-0.1, -0.05) is 74.4 Å². The number of allylic oxidation sites excluding steroid dienone is 1. The number of nitriles is 1. The summed E-state index contributed by atoms with van der Waals surface area (Å²) in [7, 11) is 1.74. The van der Waals surface area contributed by atoms with Crippen LogP contribution in [-0.4, -0.2) is 35.3 Å². The van der Waals surface area contributed by atoms with E-state index in [4.69, 9.17) is 11.6 Å². The normalized spacial score (nSPS) is 16.9. The summed E-state index contributed by atoms with van der Waals surface area (Å²) in [6, 6.07) is 16.6. The van der Waals surface area contributed by atoms with Gasteiger partial charge in [0.05, 0.1) is 39.6 Å². The van der Waals surface area contributed by atoms with Gasteiger partial charge in [0.25, 0.3) is 0 Å². The maximum absolute atomic E-state index is 10.0. The molecule has 2 aliphatic rings. The molecular weight excluding hydrogens is 544 g/mol. The Hall–Kier alpha value is -4.32. The standard InChI is InChI=1S/C33H37ClN8/c1-4-29(23-12-6-5-7-13-23)39-32-24(19-35)20-37-33-27(32)17-25(18-28(33)34)38-31(22(2)11-10-16-36-3)30-21-42(41-40-30)26-14-8-9-15-26/h5-7,10-13,16-18,20-21,26,29,31,38,40-41H,2,4,8-9,14-15H2,1,3H3,(H,37,39)/b11-10-,36-16?/t29-,31+/m1/s1. The van der Waals surface area contributed by atoms with Crippen LogP contribution in [0.4, 0.5) is 11.4 Å². The Morgan fingerprint density at radius 2 is 2.05 bits per heavy atom. The van der Waals surface area contributed by atoms with E-state index in [9.17, 15) is 5.26 Å². The molecule has 0 spiro atoms. The van der Waals surface area contributed by atoms with Crippen LogP contribution in [0.1, 0.15) is 56.2 Å². The van der Waals surface area contributed by atoms with E-state index in [2.05, 4.69) is 74.5 Å². The number of aliphatic imine (C=N–C) groups is 1. The van der Waals surface area contributed by atoms with Crippen molar-refractivity contribution in [2.45, 2.75) is 57.2 Å². The van der Waals surface area contributed by atoms with Gasteiger partial charge in [0.1, 0.15) is 6.07 Å². The fraction of sp³-hybridized carbons (Fsp3) is 0.303. The van der Waals surface area contributed by atoms with E-state index in [0.29, 0.717) is 27.8 Å². The molecule has 4 N–H and O–H groups in total. The van der Waals surface area contributed by atoms with Crippen molar-refractivity contribution >= 4 is 40.1 Å². The minimum atomic E-state index is -0.282. The minimum Gasteiger partial charge on any atom is -0.377 e. The maximum atomic E-state index is 10.0. The molecule has 42 heavy (non-hydrogen) atoms. The molecule has 5 rings (SSSR count). The van der Waals surface area contributed by atoms with E-state index in [1.54, 1.807) is 19.5 Å². The van der Waals surface area contributed by atoms with E-state index in [1.165, 1.54) is 12.8 Å². The third-order valence-electron chi connectivity index (χ3n) is 7.84. The van der Waals surface area contributed by atoms with Gasteiger partial charge in [0, 0.05) is 42.8 Å². The second-order valence-corrected chi connectivity index (χ2v) is 11.0. The fourth-order valence-corrected chi connectivity index (χ4v) is 5.89. The smallest absolute Gasteiger partial charge is 0.103 e. The summed E-state index contributed by atoms with van der Waals surface area (Å²) in [6.07, 6.45) is 14.9. The molecule has 0 unspecified atom stereocenters. The highest BCUT2D eigenvalue weighted by atomic mass is 35.5. The van der Waals surface area contributed by atoms with Crippen molar-refractivity contribution in [2.75, 3.05) is 17.7 Å². The van der Waals surface area contributed by atoms with Gasteiger partial charge in [-0.25, -0.2) is 0 Å². The molecule has 0 radical (unpaired) electrons. The SMILES string of the molecule is C=C(/C=C\C=NC)[C@H](Nc1cc(Cl)c2ncc(C#N)c(N[C@H](CC)c3ccccc3)c2c1)C1=CN(C2CCCC2)NN1. The maximum Gasteiger partial charge on any atom is 0.103 e. The van der Waals surface area contributed by atoms with Crippen molar-refractivity contribution in [1.82, 2.24) is 21.0 Å². The van der Waals surface area contributed by atoms with E-state index in [1.807, 2.05) is 42.5 Å². The average molecular weight is 581 g/mol. The molecule has 216 valence electrons. The molecule has 3 aromatic rings. The number of anilines is 2. The van der Waals surface area contributed by atoms with Gasteiger partial charge in [-0.2, -0.15) is 5.26 Å². The van der Waals surface area contributed by atoms with Gasteiger partial charge in [-0.3, -0.25) is 15.0 Å². The second kappa shape index (κ2) is 13.6. The van der Waals surface area contributed by atoms with Crippen LogP contribution in [-0.2, 0) is 0 Å². The summed E-state index contributed by atoms with van der Waals surface area (Å²) in [4.78, 5) is 8.60. The molecule has 0 saturated heterocycles. The summed E-state index contributed by atoms with van der Waals surface area (Å²) in [6.45, 7) is 6.49. The van der Waals surface area contributed by atoms with E-state index in [-0.39, 0.29) is 12.1 Å². The molecule has 1 aliphatic carbocycles. The molecule has 1 aromatic heterocycles. The summed E-state index contributed by atoms with van der Waals surface area (Å²) >= 11 is 6.83. The zero-order valence-electron chi connectivity index (χ0n) is 24.1. The zero-order valence-corrected chi connectivity index (χ0v) is 24.8. The molecule has 2 atom stereocenters. The summed E-state index contributed by atoms with van der Waals surface area (Å²) in [5, 5.41) is 20.7. The summed E-state index contributed by atoms with van der Waals surface area (Å²) < 4.78 is 0. The summed E-state index contributed by atoms with van der Waals surface area (Å²) in [5.74, 6) is 0. The quantitative estimate of drug-likeness (QED) is 0.143. The van der Waals surface area contributed by atoms with Crippen molar-refractivity contribution in [3.05, 3.63) is 101 Å². The highest BCUT2D eigenvalue weighted by molar-refractivity contribution is 6.35. The van der Waals surface area contributed by atoms with Crippen LogP contribution in [0.5, 0.6) is 0 Å². The number of halogens is 1. The van der Waals surface area contributed by atoms with Crippen molar-refractivity contribution < 1.29 is 0 Å². The molecule has 2 heterocycles. The first kappa shape index (κ1) is 29.2. The Labute approximate surface area is 252 Å². The van der Waals surface area contributed by atoms with Crippen molar-refractivity contribution in [1.29, 1.82) is 5.26 Å². The van der Waals surface area contributed by atoms with E-state index in [0.717, 1.165) is 47.2 Å². The van der Waals surface area contributed by atoms with E-state index >= 15 is 0 Å². The lowest BCUT2D eigenvalue weighted by Gasteiger charge is -2.24. The van der Waals surface area contributed by atoms with Crippen molar-refractivity contribution in [3.63, 3.8) is 0 Å². The molecule has 8 nitrogen and oxygen atoms in total. The van der Waals surface area contributed by atoms with Gasteiger partial charge >= 0.3 is 0 Å². The first-order chi connectivity index (χ1) is 20.5. The highest BCUT2D eigenvalue weighted by Gasteiger charge is 2.28. The van der Waals surface area contributed by atoms with Crippen LogP contribution < -0.4 is 21.6 Å². The molecule has 1 aliphatic heterocycles. The topological polar surface area (TPSA) is 100 Å². The Morgan fingerprint density at radius 1 is 1.26 bits per heavy atom. The predicted octanol–water partition coefficient (Wildman–Crippen LogP) is 7.03. The minimum absolute atomic E-state index is 0.0117. The number of aromatic nitrogens is 1. The molecule has 1 fully saturated rings. The number of hydrogen-bond acceptors (Lipinski definition) is 8. The van der Waals surface area contributed by atoms with Gasteiger partial charge in [0.15, 0.2) is 0 Å². The van der Waals surface area contributed by atoms with Gasteiger partial charge in [-0.15, -0.1) is 5.53 Å². The van der Waals surface area contributed by atoms with Crippen LogP contribution in [0, 0.1) is 11.3 Å². The number of nitrogens with zero attached hydrogens (tertiary/aromatic N) is 4. The fourth-order valence-electron chi connectivity index (χ4n) is 5.62. The second-order valence-electron chi connectivity index (χ2n) is 10.6. The lowest BCUT2D eigenvalue weighted by atomic mass is 10.0. The average Bonchev–Trinajstić information content (AvgIpc) is 3.72. The molecular formula is C33H37ClN8. The van der Waals surface area contributed by atoms with Crippen LogP contribution in [0.25, 0.3) is 10.9 Å². The molecule has 9 heteroatoms. The number of pyridine rings is 1. The molecule has 0 bridgehead atoms. The first-order valence-corrected chi connectivity index (χ1v) is 14.8. The number of hydrogen-bond donors (Lipinski definition) is 4. The monoisotopic (exact) mass is 580 g/mol. The Kier molecular flexibility index (Phi) is 9.42. The number of fused-ring (bicyclic) bond motifs is 1. The van der Waals surface area contributed by atoms with Gasteiger partial charge in [-0.05, 0) is 48.6 Å². The van der Waals surface area contributed by atoms with Gasteiger partial charge < -0.3 is 16.1 Å². The third kappa shape index (κ3) is 6.43. The Bertz CT molecular complexity index is 1550. The first-order valence-electron chi connectivity index (χ1n) is 14.4. The predicted molar refractivity (Wildman–Crippen MR) is 173 cm³/mol. The van der Waals surface area contributed by atoms with Crippen LogP contribution >= 0.6 is 11.6 Å². The number of nitrogens with one attached hydrogen (secondary N) is 4. The Balaban J connectivity index is 1.53. The molecule has 1 saturated carbocycles.